The van der Waals surface area contributed by atoms with Gasteiger partial charge in [0.2, 0.25) is 9.84 Å². The van der Waals surface area contributed by atoms with E-state index in [0.717, 1.165) is 5.56 Å². The molecular weight excluding hydrogens is 288 g/mol. The third-order valence-electron chi connectivity index (χ3n) is 3.23. The summed E-state index contributed by atoms with van der Waals surface area (Å²) in [5.74, 6) is 0.556. The first-order valence-corrected chi connectivity index (χ1v) is 8.20. The number of ether oxygens (including phenoxy) is 2. The highest BCUT2D eigenvalue weighted by Gasteiger charge is 2.24. The molecule has 4 nitrogen and oxygen atoms in total. The van der Waals surface area contributed by atoms with Crippen LogP contribution in [0.15, 0.2) is 58.3 Å². The summed E-state index contributed by atoms with van der Waals surface area (Å²) < 4.78 is 35.9. The van der Waals surface area contributed by atoms with E-state index in [1.165, 1.54) is 0 Å². The molecule has 2 aromatic rings. The monoisotopic (exact) mass is 304 g/mol. The number of benzene rings is 2. The summed E-state index contributed by atoms with van der Waals surface area (Å²) in [4.78, 5) is 0.535. The summed E-state index contributed by atoms with van der Waals surface area (Å²) in [6.07, 6.45) is 0.139. The molecule has 0 aliphatic carbocycles. The molecule has 5 heteroatoms. The molecule has 0 bridgehead atoms. The molecule has 1 aliphatic rings. The Morgan fingerprint density at radius 3 is 2.52 bits per heavy atom. The van der Waals surface area contributed by atoms with Gasteiger partial charge in [-0.15, -0.1) is 0 Å². The van der Waals surface area contributed by atoms with Crippen molar-refractivity contribution in [2.45, 2.75) is 22.8 Å². The van der Waals surface area contributed by atoms with Crippen molar-refractivity contribution in [3.05, 3.63) is 54.1 Å². The lowest BCUT2D eigenvalue weighted by Gasteiger charge is -2.10. The molecule has 0 saturated carbocycles. The van der Waals surface area contributed by atoms with Crippen LogP contribution in [0.3, 0.4) is 0 Å². The van der Waals surface area contributed by atoms with E-state index in [0.29, 0.717) is 19.0 Å². The van der Waals surface area contributed by atoms with E-state index in [1.54, 1.807) is 42.5 Å². The van der Waals surface area contributed by atoms with Crippen LogP contribution in [0.1, 0.15) is 5.56 Å². The second-order valence-corrected chi connectivity index (χ2v) is 7.01. The molecule has 3 rings (SSSR count). The third kappa shape index (κ3) is 3.25. The second kappa shape index (κ2) is 5.50. The lowest BCUT2D eigenvalue weighted by molar-refractivity contribution is 0.262. The molecule has 1 saturated heterocycles. The van der Waals surface area contributed by atoms with Gasteiger partial charge < -0.3 is 9.47 Å². The zero-order chi connectivity index (χ0) is 14.9. The molecule has 1 heterocycles. The molecule has 0 radical (unpaired) electrons. The summed E-state index contributed by atoms with van der Waals surface area (Å²) in [5, 5.41) is 0. The topological polar surface area (TPSA) is 55.9 Å². The van der Waals surface area contributed by atoms with Crippen molar-refractivity contribution in [3.63, 3.8) is 0 Å². The van der Waals surface area contributed by atoms with Gasteiger partial charge in [0, 0.05) is 0 Å². The molecule has 1 atom stereocenters. The van der Waals surface area contributed by atoms with Crippen LogP contribution < -0.4 is 4.74 Å². The second-order valence-electron chi connectivity index (χ2n) is 5.06. The molecule has 0 spiro atoms. The van der Waals surface area contributed by atoms with Gasteiger partial charge in [0.25, 0.3) is 0 Å². The Bertz CT molecular complexity index is 734. The van der Waals surface area contributed by atoms with Gasteiger partial charge in [0.15, 0.2) is 0 Å². The van der Waals surface area contributed by atoms with Crippen LogP contribution in [0.25, 0.3) is 0 Å². The largest absolute Gasteiger partial charge is 0.491 e. The molecule has 1 unspecified atom stereocenters. The molecule has 0 amide bonds. The minimum absolute atomic E-state index is 0.139. The van der Waals surface area contributed by atoms with Gasteiger partial charge in [0.1, 0.15) is 18.5 Å². The summed E-state index contributed by atoms with van der Waals surface area (Å²) in [7, 11) is -3.52. The molecule has 1 fully saturated rings. The van der Waals surface area contributed by atoms with Gasteiger partial charge in [-0.25, -0.2) is 8.42 Å². The molecule has 1 aliphatic heterocycles. The van der Waals surface area contributed by atoms with Gasteiger partial charge in [0.05, 0.1) is 16.4 Å². The molecule has 21 heavy (non-hydrogen) atoms. The van der Waals surface area contributed by atoms with E-state index in [9.17, 15) is 8.42 Å². The van der Waals surface area contributed by atoms with Crippen molar-refractivity contribution in [2.24, 2.45) is 0 Å². The van der Waals surface area contributed by atoms with Crippen LogP contribution in [0.2, 0.25) is 0 Å². The fraction of sp³-hybridized carbons (Fsp3) is 0.250. The van der Waals surface area contributed by atoms with Gasteiger partial charge in [-0.05, 0) is 42.8 Å². The molecule has 2 aromatic carbocycles. The smallest absolute Gasteiger partial charge is 0.206 e. The number of epoxide rings is 1. The number of sulfone groups is 1. The van der Waals surface area contributed by atoms with E-state index >= 15 is 0 Å². The van der Waals surface area contributed by atoms with E-state index in [-0.39, 0.29) is 15.9 Å². The Labute approximate surface area is 124 Å². The predicted octanol–water partition coefficient (Wildman–Crippen LogP) is 2.61. The first-order chi connectivity index (χ1) is 10.1. The van der Waals surface area contributed by atoms with Gasteiger partial charge in [-0.2, -0.15) is 0 Å². The van der Waals surface area contributed by atoms with Crippen molar-refractivity contribution in [1.29, 1.82) is 0 Å². The standard InChI is InChI=1S/C16H16O4S/c1-12-7-13(19-10-14-11-20-14)9-16(8-12)21(17,18)15-5-3-2-4-6-15/h2-9,14H,10-11H2,1H3. The molecule has 0 N–H and O–H groups in total. The Morgan fingerprint density at radius 1 is 1.14 bits per heavy atom. The van der Waals surface area contributed by atoms with E-state index in [4.69, 9.17) is 9.47 Å². The van der Waals surface area contributed by atoms with Crippen LogP contribution in [0, 0.1) is 6.92 Å². The van der Waals surface area contributed by atoms with E-state index < -0.39 is 9.84 Å². The molecule has 110 valence electrons. The van der Waals surface area contributed by atoms with Crippen LogP contribution in [0.5, 0.6) is 5.75 Å². The Hall–Kier alpha value is -1.85. The highest BCUT2D eigenvalue weighted by atomic mass is 32.2. The Morgan fingerprint density at radius 2 is 1.86 bits per heavy atom. The van der Waals surface area contributed by atoms with Crippen molar-refractivity contribution in [3.8, 4) is 5.75 Å². The zero-order valence-electron chi connectivity index (χ0n) is 11.7. The van der Waals surface area contributed by atoms with Crippen LogP contribution in [0.4, 0.5) is 0 Å². The molecule has 0 aromatic heterocycles. The highest BCUT2D eigenvalue weighted by Crippen LogP contribution is 2.26. The fourth-order valence-electron chi connectivity index (χ4n) is 2.04. The first kappa shape index (κ1) is 14.1. The maximum atomic E-state index is 12.6. The summed E-state index contributed by atoms with van der Waals surface area (Å²) in [6, 6.07) is 13.5. The van der Waals surface area contributed by atoms with Crippen LogP contribution in [-0.2, 0) is 14.6 Å². The quantitative estimate of drug-likeness (QED) is 0.797. The fourth-order valence-corrected chi connectivity index (χ4v) is 3.44. The SMILES string of the molecule is Cc1cc(OCC2CO2)cc(S(=O)(=O)c2ccccc2)c1. The van der Waals surface area contributed by atoms with Crippen molar-refractivity contribution < 1.29 is 17.9 Å². The van der Waals surface area contributed by atoms with Gasteiger partial charge in [-0.1, -0.05) is 18.2 Å². The lowest BCUT2D eigenvalue weighted by Crippen LogP contribution is -2.06. The summed E-state index contributed by atoms with van der Waals surface area (Å²) in [6.45, 7) is 3.01. The Kier molecular flexibility index (Phi) is 3.69. The summed E-state index contributed by atoms with van der Waals surface area (Å²) >= 11 is 0. The predicted molar refractivity (Wildman–Crippen MR) is 78.3 cm³/mol. The zero-order valence-corrected chi connectivity index (χ0v) is 12.5. The van der Waals surface area contributed by atoms with E-state index in [1.807, 2.05) is 13.0 Å². The van der Waals surface area contributed by atoms with Crippen molar-refractivity contribution in [2.75, 3.05) is 13.2 Å². The first-order valence-electron chi connectivity index (χ1n) is 6.72. The van der Waals surface area contributed by atoms with Crippen molar-refractivity contribution in [1.82, 2.24) is 0 Å². The minimum atomic E-state index is -3.52. The van der Waals surface area contributed by atoms with Crippen molar-refractivity contribution >= 4 is 9.84 Å². The maximum Gasteiger partial charge on any atom is 0.206 e. The number of aryl methyl sites for hydroxylation is 1. The van der Waals surface area contributed by atoms with Crippen LogP contribution >= 0.6 is 0 Å². The van der Waals surface area contributed by atoms with E-state index in [2.05, 4.69) is 0 Å². The number of hydrogen-bond donors (Lipinski definition) is 0. The van der Waals surface area contributed by atoms with Crippen LogP contribution in [-0.4, -0.2) is 27.7 Å². The minimum Gasteiger partial charge on any atom is -0.491 e. The number of rotatable bonds is 5. The lowest BCUT2D eigenvalue weighted by atomic mass is 10.2. The third-order valence-corrected chi connectivity index (χ3v) is 4.98. The summed E-state index contributed by atoms with van der Waals surface area (Å²) in [5.41, 5.74) is 0.846. The van der Waals surface area contributed by atoms with Gasteiger partial charge >= 0.3 is 0 Å². The average Bonchev–Trinajstić information content (AvgIpc) is 3.30. The maximum absolute atomic E-state index is 12.6. The Balaban J connectivity index is 1.93. The highest BCUT2D eigenvalue weighted by molar-refractivity contribution is 7.91. The normalized spacial score (nSPS) is 17.5. The number of hydrogen-bond acceptors (Lipinski definition) is 4. The molecular formula is C16H16O4S. The average molecular weight is 304 g/mol. The van der Waals surface area contributed by atoms with Gasteiger partial charge in [-0.3, -0.25) is 0 Å².